The van der Waals surface area contributed by atoms with E-state index in [4.69, 9.17) is 0 Å². The van der Waals surface area contributed by atoms with E-state index >= 15 is 0 Å². The average molecular weight is 262 g/mol. The highest BCUT2D eigenvalue weighted by atomic mass is 127. The van der Waals surface area contributed by atoms with E-state index in [1.54, 1.807) is 0 Å². The Morgan fingerprint density at radius 1 is 1.55 bits per heavy atom. The first-order valence-corrected chi connectivity index (χ1v) is 4.00. The molecule has 2 rings (SSSR count). The largest absolute Gasteiger partial charge is 0.312 e. The molecule has 1 atom stereocenters. The van der Waals surface area contributed by atoms with Gasteiger partial charge in [-0.15, -0.1) is 10.2 Å². The number of fused-ring (bicyclic) bond motifs is 1. The second-order valence-electron chi connectivity index (χ2n) is 2.06. The lowest BCUT2D eigenvalue weighted by molar-refractivity contribution is -0.113. The van der Waals surface area contributed by atoms with Crippen LogP contribution in [0.25, 0.3) is 0 Å². The summed E-state index contributed by atoms with van der Waals surface area (Å²) in [5.41, 5.74) is 0.386. The minimum atomic E-state index is -0.246. The summed E-state index contributed by atoms with van der Waals surface area (Å²) in [6, 6.07) is -0.246. The first-order valence-electron chi connectivity index (χ1n) is 2.92. The second-order valence-corrected chi connectivity index (χ2v) is 3.17. The molecule has 5 nitrogen and oxygen atoms in total. The molecule has 0 spiro atoms. The summed E-state index contributed by atoms with van der Waals surface area (Å²) in [5.74, 6) is -0.208. The Balaban J connectivity index is 2.41. The van der Waals surface area contributed by atoms with Crippen molar-refractivity contribution < 1.29 is 4.79 Å². The molecule has 1 N–H and O–H groups in total. The Bertz CT molecular complexity index is 306. The van der Waals surface area contributed by atoms with Gasteiger partial charge in [0.2, 0.25) is 0 Å². The van der Waals surface area contributed by atoms with Gasteiger partial charge in [0.15, 0.2) is 11.8 Å². The van der Waals surface area contributed by atoms with Crippen LogP contribution < -0.4 is 5.32 Å². The summed E-state index contributed by atoms with van der Waals surface area (Å²) in [7, 11) is 0. The number of amides is 1. The van der Waals surface area contributed by atoms with Crippen LogP contribution in [0, 0.1) is 0 Å². The molecule has 11 heavy (non-hydrogen) atoms. The van der Waals surface area contributed by atoms with Gasteiger partial charge in [0.25, 0.3) is 5.91 Å². The highest BCUT2D eigenvalue weighted by Gasteiger charge is 2.32. The third-order valence-corrected chi connectivity index (χ3v) is 2.20. The summed E-state index contributed by atoms with van der Waals surface area (Å²) in [4.78, 5) is 15.0. The van der Waals surface area contributed by atoms with Gasteiger partial charge < -0.3 is 5.32 Å². The van der Waals surface area contributed by atoms with Crippen molar-refractivity contribution in [1.82, 2.24) is 5.32 Å². The van der Waals surface area contributed by atoms with Crippen LogP contribution in [0.1, 0.15) is 0 Å². The summed E-state index contributed by atoms with van der Waals surface area (Å²) < 4.78 is 0.740. The Morgan fingerprint density at radius 3 is 3.09 bits per heavy atom. The molecule has 1 amide bonds. The fraction of sp³-hybridized carbons (Fsp3) is 0.200. The molecule has 0 saturated heterocycles. The number of carbonyl (C=O) groups excluding carboxylic acids is 1. The van der Waals surface area contributed by atoms with Crippen LogP contribution in [0.2, 0.25) is 0 Å². The summed E-state index contributed by atoms with van der Waals surface area (Å²) in [6.07, 6.45) is 1.38. The van der Waals surface area contributed by atoms with Crippen molar-refractivity contribution in [2.75, 3.05) is 0 Å². The van der Waals surface area contributed by atoms with E-state index in [0.29, 0.717) is 5.71 Å². The maximum absolute atomic E-state index is 11.0. The van der Waals surface area contributed by atoms with Crippen molar-refractivity contribution in [3.63, 3.8) is 0 Å². The lowest BCUT2D eigenvalue weighted by Crippen LogP contribution is -2.41. The van der Waals surface area contributed by atoms with Crippen LogP contribution in [0.4, 0.5) is 0 Å². The predicted molar refractivity (Wildman–Crippen MR) is 49.3 cm³/mol. The van der Waals surface area contributed by atoms with Gasteiger partial charge in [-0.05, 0) is 22.6 Å². The maximum atomic E-state index is 11.0. The van der Waals surface area contributed by atoms with Crippen molar-refractivity contribution >= 4 is 44.3 Å². The minimum Gasteiger partial charge on any atom is -0.312 e. The van der Waals surface area contributed by atoms with Gasteiger partial charge in [-0.2, -0.15) is 0 Å². The zero-order valence-electron chi connectivity index (χ0n) is 5.28. The molecule has 2 aliphatic heterocycles. The van der Waals surface area contributed by atoms with Crippen LogP contribution in [-0.4, -0.2) is 27.7 Å². The third kappa shape index (κ3) is 0.971. The van der Waals surface area contributed by atoms with Gasteiger partial charge in [-0.1, -0.05) is 0 Å². The first-order chi connectivity index (χ1) is 5.29. The quantitative estimate of drug-likeness (QED) is 0.599. The van der Waals surface area contributed by atoms with Crippen LogP contribution in [0.5, 0.6) is 0 Å². The Morgan fingerprint density at radius 2 is 2.36 bits per heavy atom. The number of carbonyl (C=O) groups is 1. The van der Waals surface area contributed by atoms with Crippen LogP contribution >= 0.6 is 22.6 Å². The van der Waals surface area contributed by atoms with Gasteiger partial charge in [-0.3, -0.25) is 9.79 Å². The Labute approximate surface area is 75.8 Å². The number of nitrogens with one attached hydrogen (secondary N) is 1. The lowest BCUT2D eigenvalue weighted by atomic mass is 10.2. The number of aliphatic imine (C=N–C) groups is 1. The molecule has 2 heterocycles. The molecule has 0 radical (unpaired) electrons. The number of rotatable bonds is 0. The molecule has 2 aliphatic rings. The van der Waals surface area contributed by atoms with Gasteiger partial charge in [0.1, 0.15) is 3.72 Å². The fourth-order valence-electron chi connectivity index (χ4n) is 0.870. The average Bonchev–Trinajstić information content (AvgIpc) is 2.35. The number of hydrogen-bond acceptors (Lipinski definition) is 4. The molecule has 0 bridgehead atoms. The standard InChI is InChI=1S/C5H3IN4O/c6-4-2-3(9-10-4)5(11)8-1-7-2/h1-2H,(H,7,8,11). The summed E-state index contributed by atoms with van der Waals surface area (Å²) >= 11 is 2.02. The normalized spacial score (nSPS) is 27.4. The van der Waals surface area contributed by atoms with Gasteiger partial charge >= 0.3 is 0 Å². The Kier molecular flexibility index (Phi) is 1.48. The predicted octanol–water partition coefficient (Wildman–Crippen LogP) is -0.284. The molecule has 0 aromatic heterocycles. The lowest BCUT2D eigenvalue weighted by Gasteiger charge is -2.10. The topological polar surface area (TPSA) is 66.2 Å². The van der Waals surface area contributed by atoms with Crippen LogP contribution in [0.3, 0.4) is 0 Å². The summed E-state index contributed by atoms with van der Waals surface area (Å²) in [5, 5.41) is 9.87. The number of nitrogens with zero attached hydrogens (tertiary/aromatic N) is 3. The molecule has 0 saturated carbocycles. The van der Waals surface area contributed by atoms with E-state index in [1.807, 2.05) is 22.6 Å². The van der Waals surface area contributed by atoms with Crippen LogP contribution in [-0.2, 0) is 4.79 Å². The SMILES string of the molecule is O=C1NC=NC2C(I)=NN=C12. The van der Waals surface area contributed by atoms with E-state index in [-0.39, 0.29) is 11.9 Å². The maximum Gasteiger partial charge on any atom is 0.275 e. The fourth-order valence-corrected chi connectivity index (χ4v) is 1.43. The molecule has 6 heteroatoms. The monoisotopic (exact) mass is 262 g/mol. The van der Waals surface area contributed by atoms with Crippen molar-refractivity contribution in [2.45, 2.75) is 6.04 Å². The molecule has 1 unspecified atom stereocenters. The summed E-state index contributed by atoms with van der Waals surface area (Å²) in [6.45, 7) is 0. The molecule has 56 valence electrons. The van der Waals surface area contributed by atoms with E-state index in [0.717, 1.165) is 3.72 Å². The van der Waals surface area contributed by atoms with E-state index < -0.39 is 0 Å². The van der Waals surface area contributed by atoms with E-state index in [1.165, 1.54) is 6.34 Å². The minimum absolute atomic E-state index is 0.208. The van der Waals surface area contributed by atoms with Gasteiger partial charge in [0, 0.05) is 0 Å². The van der Waals surface area contributed by atoms with E-state index in [2.05, 4.69) is 20.5 Å². The molecule has 0 aliphatic carbocycles. The third-order valence-electron chi connectivity index (χ3n) is 1.39. The van der Waals surface area contributed by atoms with Crippen molar-refractivity contribution in [1.29, 1.82) is 0 Å². The van der Waals surface area contributed by atoms with Crippen molar-refractivity contribution in [3.05, 3.63) is 0 Å². The van der Waals surface area contributed by atoms with E-state index in [9.17, 15) is 4.79 Å². The van der Waals surface area contributed by atoms with Crippen molar-refractivity contribution in [3.8, 4) is 0 Å². The Hall–Kier alpha value is -0.790. The van der Waals surface area contributed by atoms with Crippen molar-refractivity contribution in [2.24, 2.45) is 15.2 Å². The highest BCUT2D eigenvalue weighted by Crippen LogP contribution is 2.14. The smallest absolute Gasteiger partial charge is 0.275 e. The van der Waals surface area contributed by atoms with Gasteiger partial charge in [0.05, 0.1) is 6.34 Å². The molecule has 0 aromatic rings. The van der Waals surface area contributed by atoms with Gasteiger partial charge in [-0.25, -0.2) is 0 Å². The second kappa shape index (κ2) is 2.36. The first kappa shape index (κ1) is 6.89. The number of hydrogen-bond donors (Lipinski definition) is 1. The number of halogens is 1. The molecular weight excluding hydrogens is 259 g/mol. The highest BCUT2D eigenvalue weighted by molar-refractivity contribution is 14.1. The molecule has 0 fully saturated rings. The molecule has 0 aromatic carbocycles. The molecular formula is C5H3IN4O. The zero-order valence-corrected chi connectivity index (χ0v) is 7.44. The van der Waals surface area contributed by atoms with Crippen LogP contribution in [0.15, 0.2) is 15.2 Å². The zero-order chi connectivity index (χ0) is 7.84.